The molecule has 3 heteroatoms. The van der Waals surface area contributed by atoms with E-state index in [9.17, 15) is 4.79 Å². The Balaban J connectivity index is 2.20. The highest BCUT2D eigenvalue weighted by Gasteiger charge is 2.13. The van der Waals surface area contributed by atoms with E-state index < -0.39 is 0 Å². The Morgan fingerprint density at radius 3 is 2.55 bits per heavy atom. The topological polar surface area (TPSA) is 39.2 Å². The lowest BCUT2D eigenvalue weighted by Gasteiger charge is -2.11. The van der Waals surface area contributed by atoms with E-state index in [1.54, 1.807) is 18.3 Å². The number of hydrogen-bond acceptors (Lipinski definition) is 3. The highest BCUT2D eigenvalue weighted by atomic mass is 16.5. The summed E-state index contributed by atoms with van der Waals surface area (Å²) in [5, 5.41) is 1.94. The number of hydrogen-bond donors (Lipinski definition) is 0. The predicted octanol–water partition coefficient (Wildman–Crippen LogP) is 4.23. The summed E-state index contributed by atoms with van der Waals surface area (Å²) in [6, 6.07) is 17.0. The third-order valence-corrected chi connectivity index (χ3v) is 3.10. The molecule has 20 heavy (non-hydrogen) atoms. The molecule has 0 spiro atoms. The van der Waals surface area contributed by atoms with Crippen LogP contribution in [-0.2, 0) is 0 Å². The number of Topliss-reactive ketones (excluding diaryl/α,β-unsaturated/α-hetero) is 1. The van der Waals surface area contributed by atoms with E-state index in [1.165, 1.54) is 6.92 Å². The van der Waals surface area contributed by atoms with Crippen molar-refractivity contribution in [2.75, 3.05) is 0 Å². The van der Waals surface area contributed by atoms with E-state index in [4.69, 9.17) is 4.74 Å². The number of rotatable bonds is 3. The summed E-state index contributed by atoms with van der Waals surface area (Å²) in [5.74, 6) is 1.02. The van der Waals surface area contributed by atoms with Crippen molar-refractivity contribution in [3.63, 3.8) is 0 Å². The van der Waals surface area contributed by atoms with Gasteiger partial charge in [0, 0.05) is 17.6 Å². The fourth-order valence-corrected chi connectivity index (χ4v) is 2.14. The van der Waals surface area contributed by atoms with Crippen LogP contribution >= 0.6 is 0 Å². The van der Waals surface area contributed by atoms with Gasteiger partial charge in [0.2, 0.25) is 5.88 Å². The van der Waals surface area contributed by atoms with Crippen molar-refractivity contribution in [2.45, 2.75) is 6.92 Å². The molecule has 1 aromatic heterocycles. The molecule has 0 fully saturated rings. The van der Waals surface area contributed by atoms with Crippen molar-refractivity contribution in [3.8, 4) is 11.6 Å². The van der Waals surface area contributed by atoms with Crippen LogP contribution in [0.2, 0.25) is 0 Å². The Morgan fingerprint density at radius 2 is 1.80 bits per heavy atom. The van der Waals surface area contributed by atoms with Crippen LogP contribution in [0.1, 0.15) is 17.3 Å². The first kappa shape index (κ1) is 12.4. The molecule has 1 heterocycles. The van der Waals surface area contributed by atoms with Gasteiger partial charge in [0.05, 0.1) is 5.56 Å². The number of ether oxygens (including phenoxy) is 1. The molecule has 2 aromatic carbocycles. The van der Waals surface area contributed by atoms with Crippen molar-refractivity contribution in [1.29, 1.82) is 0 Å². The van der Waals surface area contributed by atoms with Crippen molar-refractivity contribution in [2.24, 2.45) is 0 Å². The lowest BCUT2D eigenvalue weighted by molar-refractivity contribution is 0.101. The van der Waals surface area contributed by atoms with Gasteiger partial charge in [-0.1, -0.05) is 36.4 Å². The molecule has 0 saturated carbocycles. The summed E-state index contributed by atoms with van der Waals surface area (Å²) in [7, 11) is 0. The molecule has 0 radical (unpaired) electrons. The maximum atomic E-state index is 11.8. The van der Waals surface area contributed by atoms with Gasteiger partial charge in [-0.05, 0) is 24.4 Å². The standard InChI is InChI=1S/C17H13NO2/c1-12(19)14-10-9-13-6-2-3-7-15(13)17(14)20-16-8-4-5-11-18-16/h2-11H,1H3. The number of carbonyl (C=O) groups excluding carboxylic acids is 1. The van der Waals surface area contributed by atoms with E-state index in [2.05, 4.69) is 4.98 Å². The molecule has 3 rings (SSSR count). The van der Waals surface area contributed by atoms with Crippen LogP contribution in [0.15, 0.2) is 60.8 Å². The maximum Gasteiger partial charge on any atom is 0.219 e. The van der Waals surface area contributed by atoms with Crippen LogP contribution in [0.3, 0.4) is 0 Å². The minimum Gasteiger partial charge on any atom is -0.438 e. The van der Waals surface area contributed by atoms with E-state index in [1.807, 2.05) is 42.5 Å². The van der Waals surface area contributed by atoms with Gasteiger partial charge in [-0.3, -0.25) is 4.79 Å². The number of fused-ring (bicyclic) bond motifs is 1. The summed E-state index contributed by atoms with van der Waals surface area (Å²) in [6.07, 6.45) is 1.66. The fraction of sp³-hybridized carbons (Fsp3) is 0.0588. The van der Waals surface area contributed by atoms with Crippen molar-refractivity contribution in [3.05, 3.63) is 66.4 Å². The molecule has 0 amide bonds. The minimum absolute atomic E-state index is 0.0262. The largest absolute Gasteiger partial charge is 0.438 e. The molecular weight excluding hydrogens is 250 g/mol. The average molecular weight is 263 g/mol. The summed E-state index contributed by atoms with van der Waals surface area (Å²) in [5.41, 5.74) is 0.564. The van der Waals surface area contributed by atoms with Gasteiger partial charge in [-0.15, -0.1) is 0 Å². The van der Waals surface area contributed by atoms with Gasteiger partial charge in [-0.25, -0.2) is 4.98 Å². The zero-order valence-corrected chi connectivity index (χ0v) is 11.0. The van der Waals surface area contributed by atoms with E-state index in [0.717, 1.165) is 10.8 Å². The molecule has 0 atom stereocenters. The van der Waals surface area contributed by atoms with Gasteiger partial charge in [0.1, 0.15) is 5.75 Å². The Morgan fingerprint density at radius 1 is 1.00 bits per heavy atom. The molecule has 0 aliphatic heterocycles. The second-order valence-corrected chi connectivity index (χ2v) is 4.49. The predicted molar refractivity (Wildman–Crippen MR) is 78.3 cm³/mol. The Hall–Kier alpha value is -2.68. The first-order valence-electron chi connectivity index (χ1n) is 6.37. The molecule has 0 aliphatic carbocycles. The van der Waals surface area contributed by atoms with E-state index in [-0.39, 0.29) is 5.78 Å². The fourth-order valence-electron chi connectivity index (χ4n) is 2.14. The van der Waals surface area contributed by atoms with Crippen molar-refractivity contribution < 1.29 is 9.53 Å². The van der Waals surface area contributed by atoms with Crippen LogP contribution in [-0.4, -0.2) is 10.8 Å². The number of benzene rings is 2. The van der Waals surface area contributed by atoms with Gasteiger partial charge in [-0.2, -0.15) is 0 Å². The van der Waals surface area contributed by atoms with Gasteiger partial charge in [0.15, 0.2) is 5.78 Å². The molecule has 0 unspecified atom stereocenters. The molecule has 3 aromatic rings. The van der Waals surface area contributed by atoms with Crippen molar-refractivity contribution >= 4 is 16.6 Å². The normalized spacial score (nSPS) is 10.4. The van der Waals surface area contributed by atoms with Gasteiger partial charge < -0.3 is 4.74 Å². The van der Waals surface area contributed by atoms with Crippen LogP contribution < -0.4 is 4.74 Å². The van der Waals surface area contributed by atoms with Crippen LogP contribution in [0.4, 0.5) is 0 Å². The number of aromatic nitrogens is 1. The monoisotopic (exact) mass is 263 g/mol. The van der Waals surface area contributed by atoms with E-state index >= 15 is 0 Å². The van der Waals surface area contributed by atoms with Gasteiger partial charge in [0.25, 0.3) is 0 Å². The molecule has 0 bridgehead atoms. The van der Waals surface area contributed by atoms with Crippen LogP contribution in [0.25, 0.3) is 10.8 Å². The Bertz CT molecular complexity index is 766. The average Bonchev–Trinajstić information content (AvgIpc) is 2.48. The summed E-state index contributed by atoms with van der Waals surface area (Å²) in [4.78, 5) is 15.9. The molecule has 0 aliphatic rings. The number of nitrogens with zero attached hydrogens (tertiary/aromatic N) is 1. The summed E-state index contributed by atoms with van der Waals surface area (Å²) in [6.45, 7) is 1.54. The molecule has 98 valence electrons. The van der Waals surface area contributed by atoms with E-state index in [0.29, 0.717) is 17.2 Å². The number of pyridine rings is 1. The highest BCUT2D eigenvalue weighted by Crippen LogP contribution is 2.33. The quantitative estimate of drug-likeness (QED) is 0.664. The zero-order chi connectivity index (χ0) is 13.9. The summed E-state index contributed by atoms with van der Waals surface area (Å²) < 4.78 is 5.85. The Labute approximate surface area is 116 Å². The lowest BCUT2D eigenvalue weighted by atomic mass is 10.0. The molecule has 3 nitrogen and oxygen atoms in total. The van der Waals surface area contributed by atoms with Crippen LogP contribution in [0, 0.1) is 0 Å². The lowest BCUT2D eigenvalue weighted by Crippen LogP contribution is -1.98. The molecule has 0 saturated heterocycles. The highest BCUT2D eigenvalue weighted by molar-refractivity contribution is 6.03. The second kappa shape index (κ2) is 5.13. The number of carbonyl (C=O) groups is 1. The SMILES string of the molecule is CC(=O)c1ccc2ccccc2c1Oc1ccccn1. The molecular formula is C17H13NO2. The zero-order valence-electron chi connectivity index (χ0n) is 11.0. The second-order valence-electron chi connectivity index (χ2n) is 4.49. The third kappa shape index (κ3) is 2.26. The maximum absolute atomic E-state index is 11.8. The van der Waals surface area contributed by atoms with Gasteiger partial charge >= 0.3 is 0 Å². The van der Waals surface area contributed by atoms with Crippen LogP contribution in [0.5, 0.6) is 11.6 Å². The number of ketones is 1. The first-order chi connectivity index (χ1) is 9.75. The smallest absolute Gasteiger partial charge is 0.219 e. The molecule has 0 N–H and O–H groups in total. The van der Waals surface area contributed by atoms with Crippen molar-refractivity contribution in [1.82, 2.24) is 4.98 Å². The summed E-state index contributed by atoms with van der Waals surface area (Å²) >= 11 is 0. The first-order valence-corrected chi connectivity index (χ1v) is 6.37. The Kier molecular flexibility index (Phi) is 3.17. The minimum atomic E-state index is -0.0262. The third-order valence-electron chi connectivity index (χ3n) is 3.10.